The molecule has 0 saturated heterocycles. The summed E-state index contributed by atoms with van der Waals surface area (Å²) in [6, 6.07) is 0. The van der Waals surface area contributed by atoms with Crippen LogP contribution in [0.15, 0.2) is 16.9 Å². The van der Waals surface area contributed by atoms with Gasteiger partial charge in [0.25, 0.3) is 0 Å². The quantitative estimate of drug-likeness (QED) is 0.488. The summed E-state index contributed by atoms with van der Waals surface area (Å²) in [6.45, 7) is 2.07. The van der Waals surface area contributed by atoms with Crippen molar-refractivity contribution in [3.05, 3.63) is 18.4 Å². The highest BCUT2D eigenvalue weighted by Crippen LogP contribution is 1.89. The third-order valence-corrected chi connectivity index (χ3v) is 1.18. The van der Waals surface area contributed by atoms with Gasteiger partial charge in [-0.25, -0.2) is 0 Å². The van der Waals surface area contributed by atoms with Crippen LogP contribution in [0.2, 0.25) is 0 Å². The zero-order valence-electron chi connectivity index (χ0n) is 5.22. The minimum atomic E-state index is 0.962. The van der Waals surface area contributed by atoms with E-state index in [-0.39, 0.29) is 0 Å². The van der Waals surface area contributed by atoms with Crippen molar-refractivity contribution in [3.8, 4) is 0 Å². The van der Waals surface area contributed by atoms with E-state index in [9.17, 15) is 0 Å². The molecule has 44 valence electrons. The number of nitrogens with zero attached hydrogens (tertiary/aromatic N) is 1. The van der Waals surface area contributed by atoms with Crippen molar-refractivity contribution in [2.24, 2.45) is 7.05 Å². The Kier molecular flexibility index (Phi) is 1.33. The summed E-state index contributed by atoms with van der Waals surface area (Å²) in [5, 5.41) is 0. The van der Waals surface area contributed by atoms with Crippen LogP contribution < -0.4 is 4.57 Å². The maximum absolute atomic E-state index is 5.08. The number of aromatic nitrogens is 1. The monoisotopic (exact) mass is 112 g/mol. The molecule has 0 bridgehead atoms. The van der Waals surface area contributed by atoms with Crippen LogP contribution in [0.4, 0.5) is 0 Å². The van der Waals surface area contributed by atoms with Crippen molar-refractivity contribution >= 4 is 0 Å². The lowest BCUT2D eigenvalue weighted by atomic mass is 10.5. The van der Waals surface area contributed by atoms with Gasteiger partial charge in [-0.3, -0.25) is 0 Å². The smallest absolute Gasteiger partial charge is 0.346 e. The molecular weight excluding hydrogens is 102 g/mol. The van der Waals surface area contributed by atoms with Crippen LogP contribution in [0.25, 0.3) is 0 Å². The van der Waals surface area contributed by atoms with Crippen molar-refractivity contribution in [2.75, 3.05) is 0 Å². The molecule has 0 saturated carbocycles. The molecule has 0 aliphatic rings. The minimum Gasteiger partial charge on any atom is -0.410 e. The zero-order valence-corrected chi connectivity index (χ0v) is 5.22. The summed E-state index contributed by atoms with van der Waals surface area (Å²) < 4.78 is 7.05. The van der Waals surface area contributed by atoms with Gasteiger partial charge in [-0.15, -0.1) is 0 Å². The molecule has 1 aromatic rings. The second-order valence-corrected chi connectivity index (χ2v) is 1.76. The molecule has 1 rings (SSSR count). The molecule has 2 heteroatoms. The van der Waals surface area contributed by atoms with E-state index in [1.54, 1.807) is 6.26 Å². The molecule has 0 radical (unpaired) electrons. The Morgan fingerprint density at radius 2 is 2.50 bits per heavy atom. The normalized spacial score (nSPS) is 9.75. The maximum Gasteiger partial charge on any atom is 0.346 e. The Balaban J connectivity index is 2.92. The maximum atomic E-state index is 5.08. The first kappa shape index (κ1) is 5.35. The van der Waals surface area contributed by atoms with Crippen molar-refractivity contribution < 1.29 is 8.98 Å². The van der Waals surface area contributed by atoms with Crippen molar-refractivity contribution in [1.29, 1.82) is 0 Å². The summed E-state index contributed by atoms with van der Waals surface area (Å²) in [6.07, 6.45) is 4.56. The highest BCUT2D eigenvalue weighted by atomic mass is 16.3. The third-order valence-electron chi connectivity index (χ3n) is 1.18. The van der Waals surface area contributed by atoms with Crippen LogP contribution in [-0.2, 0) is 13.5 Å². The van der Waals surface area contributed by atoms with E-state index in [4.69, 9.17) is 4.42 Å². The largest absolute Gasteiger partial charge is 0.410 e. The van der Waals surface area contributed by atoms with E-state index >= 15 is 0 Å². The zero-order chi connectivity index (χ0) is 5.98. The van der Waals surface area contributed by atoms with Gasteiger partial charge in [-0.2, -0.15) is 4.57 Å². The molecule has 8 heavy (non-hydrogen) atoms. The fourth-order valence-electron chi connectivity index (χ4n) is 0.699. The van der Waals surface area contributed by atoms with Gasteiger partial charge in [-0.05, 0) is 0 Å². The Hall–Kier alpha value is -0.790. The van der Waals surface area contributed by atoms with E-state index in [0.717, 1.165) is 12.3 Å². The molecule has 0 aliphatic heterocycles. The molecule has 0 N–H and O–H groups in total. The number of hydrogen-bond donors (Lipinski definition) is 0. The fourth-order valence-corrected chi connectivity index (χ4v) is 0.699. The van der Waals surface area contributed by atoms with Gasteiger partial charge in [0.05, 0.1) is 6.42 Å². The average Bonchev–Trinajstić information content (AvgIpc) is 2.14. The molecule has 0 unspecified atom stereocenters. The lowest BCUT2D eigenvalue weighted by Crippen LogP contribution is -2.28. The minimum absolute atomic E-state index is 0.962. The summed E-state index contributed by atoms with van der Waals surface area (Å²) in [5.41, 5.74) is 0. The molecule has 0 aliphatic carbocycles. The lowest BCUT2D eigenvalue weighted by Gasteiger charge is -1.79. The Morgan fingerprint density at radius 3 is 2.75 bits per heavy atom. The van der Waals surface area contributed by atoms with Gasteiger partial charge in [0, 0.05) is 0 Å². The van der Waals surface area contributed by atoms with Crippen LogP contribution in [0.5, 0.6) is 0 Å². The molecule has 2 nitrogen and oxygen atoms in total. The summed E-state index contributed by atoms with van der Waals surface area (Å²) in [4.78, 5) is 0. The molecule has 0 fully saturated rings. The van der Waals surface area contributed by atoms with E-state index < -0.39 is 0 Å². The van der Waals surface area contributed by atoms with Gasteiger partial charge in [-0.1, -0.05) is 6.92 Å². The predicted molar refractivity (Wildman–Crippen MR) is 29.3 cm³/mol. The fraction of sp³-hybridized carbons (Fsp3) is 0.500. The van der Waals surface area contributed by atoms with Crippen LogP contribution >= 0.6 is 0 Å². The Bertz CT molecular complexity index is 169. The second-order valence-electron chi connectivity index (χ2n) is 1.76. The van der Waals surface area contributed by atoms with Crippen LogP contribution in [0.3, 0.4) is 0 Å². The molecule has 0 spiro atoms. The number of hydrogen-bond acceptors (Lipinski definition) is 1. The van der Waals surface area contributed by atoms with Crippen LogP contribution in [0, 0.1) is 0 Å². The highest BCUT2D eigenvalue weighted by Gasteiger charge is 2.03. The summed E-state index contributed by atoms with van der Waals surface area (Å²) >= 11 is 0. The van der Waals surface area contributed by atoms with Gasteiger partial charge >= 0.3 is 5.89 Å². The van der Waals surface area contributed by atoms with Crippen molar-refractivity contribution in [2.45, 2.75) is 13.3 Å². The van der Waals surface area contributed by atoms with Gasteiger partial charge in [0.1, 0.15) is 7.05 Å². The first-order valence-corrected chi connectivity index (χ1v) is 2.76. The summed E-state index contributed by atoms with van der Waals surface area (Å²) in [7, 11) is 1.97. The third kappa shape index (κ3) is 0.735. The summed E-state index contributed by atoms with van der Waals surface area (Å²) in [5.74, 6) is 1.02. The lowest BCUT2D eigenvalue weighted by molar-refractivity contribution is -0.682. The predicted octanol–water partition coefficient (Wildman–Crippen LogP) is 0.667. The SMILES string of the molecule is CCc1occ[n+]1C. The van der Waals surface area contributed by atoms with E-state index in [2.05, 4.69) is 6.92 Å². The van der Waals surface area contributed by atoms with Crippen LogP contribution in [0.1, 0.15) is 12.8 Å². The number of oxazole rings is 1. The van der Waals surface area contributed by atoms with Gasteiger partial charge < -0.3 is 4.42 Å². The average molecular weight is 112 g/mol. The Morgan fingerprint density at radius 1 is 1.75 bits per heavy atom. The topological polar surface area (TPSA) is 17.0 Å². The van der Waals surface area contributed by atoms with Gasteiger partial charge in [0.2, 0.25) is 6.20 Å². The van der Waals surface area contributed by atoms with E-state index in [1.807, 2.05) is 17.8 Å². The molecule has 0 atom stereocenters. The van der Waals surface area contributed by atoms with E-state index in [0.29, 0.717) is 0 Å². The molecule has 0 amide bonds. The second kappa shape index (κ2) is 1.99. The molecule has 1 aromatic heterocycles. The molecule has 0 aromatic carbocycles. The van der Waals surface area contributed by atoms with Crippen molar-refractivity contribution in [1.82, 2.24) is 0 Å². The van der Waals surface area contributed by atoms with E-state index in [1.165, 1.54) is 0 Å². The number of rotatable bonds is 1. The number of aryl methyl sites for hydroxylation is 2. The first-order chi connectivity index (χ1) is 3.84. The van der Waals surface area contributed by atoms with Crippen LogP contribution in [-0.4, -0.2) is 0 Å². The molecular formula is C6H10NO+. The standard InChI is InChI=1S/C6H10NO/c1-3-6-7(2)4-5-8-6/h4-5H,3H2,1-2H3/q+1. The first-order valence-electron chi connectivity index (χ1n) is 2.76. The van der Waals surface area contributed by atoms with Crippen molar-refractivity contribution in [3.63, 3.8) is 0 Å². The Labute approximate surface area is 48.8 Å². The van der Waals surface area contributed by atoms with Gasteiger partial charge in [0.15, 0.2) is 6.26 Å². The molecule has 1 heterocycles. The highest BCUT2D eigenvalue weighted by molar-refractivity contribution is 4.65.